The lowest BCUT2D eigenvalue weighted by atomic mass is 10.1. The molecule has 0 N–H and O–H groups in total. The SMILES string of the molecule is COc1ccccc1Cc1nnnn1-c1ccc([N+](=O)[O-])cn1. The maximum atomic E-state index is 10.7. The van der Waals surface area contributed by atoms with Gasteiger partial charge in [0.2, 0.25) is 0 Å². The summed E-state index contributed by atoms with van der Waals surface area (Å²) in [4.78, 5) is 14.2. The summed E-state index contributed by atoms with van der Waals surface area (Å²) in [5.41, 5.74) is 0.834. The number of para-hydroxylation sites is 1. The van der Waals surface area contributed by atoms with Crippen molar-refractivity contribution >= 4 is 5.69 Å². The van der Waals surface area contributed by atoms with E-state index in [1.807, 2.05) is 24.3 Å². The summed E-state index contributed by atoms with van der Waals surface area (Å²) in [7, 11) is 1.60. The zero-order chi connectivity index (χ0) is 16.2. The summed E-state index contributed by atoms with van der Waals surface area (Å²) in [6.07, 6.45) is 1.61. The Hall–Kier alpha value is -3.36. The molecule has 0 atom stereocenters. The Balaban J connectivity index is 1.92. The van der Waals surface area contributed by atoms with Crippen molar-refractivity contribution in [2.45, 2.75) is 6.42 Å². The molecule has 0 saturated heterocycles. The highest BCUT2D eigenvalue weighted by molar-refractivity contribution is 5.37. The van der Waals surface area contributed by atoms with Gasteiger partial charge in [-0.15, -0.1) is 5.10 Å². The number of nitrogens with zero attached hydrogens (tertiary/aromatic N) is 6. The lowest BCUT2D eigenvalue weighted by Gasteiger charge is -2.07. The lowest BCUT2D eigenvalue weighted by Crippen LogP contribution is -2.07. The molecule has 23 heavy (non-hydrogen) atoms. The molecule has 0 amide bonds. The molecule has 3 aromatic rings. The highest BCUT2D eigenvalue weighted by atomic mass is 16.6. The summed E-state index contributed by atoms with van der Waals surface area (Å²) in [5.74, 6) is 1.69. The summed E-state index contributed by atoms with van der Waals surface area (Å²) in [6, 6.07) is 10.4. The Labute approximate surface area is 130 Å². The molecule has 0 aliphatic carbocycles. The van der Waals surface area contributed by atoms with Crippen LogP contribution in [0.3, 0.4) is 0 Å². The number of tetrazole rings is 1. The third-order valence-electron chi connectivity index (χ3n) is 3.24. The molecular formula is C14H12N6O3. The predicted octanol–water partition coefficient (Wildman–Crippen LogP) is 1.56. The van der Waals surface area contributed by atoms with E-state index in [9.17, 15) is 10.1 Å². The number of hydrogen-bond donors (Lipinski definition) is 0. The third kappa shape index (κ3) is 2.98. The Morgan fingerprint density at radius 1 is 1.26 bits per heavy atom. The van der Waals surface area contributed by atoms with Crippen LogP contribution in [0.25, 0.3) is 5.82 Å². The highest BCUT2D eigenvalue weighted by Crippen LogP contribution is 2.21. The average Bonchev–Trinajstić information content (AvgIpc) is 3.03. The molecule has 3 rings (SSSR count). The summed E-state index contributed by atoms with van der Waals surface area (Å²) in [5, 5.41) is 22.2. The summed E-state index contributed by atoms with van der Waals surface area (Å²) >= 11 is 0. The normalized spacial score (nSPS) is 10.5. The molecule has 0 unspecified atom stereocenters. The van der Waals surface area contributed by atoms with Crippen LogP contribution >= 0.6 is 0 Å². The minimum Gasteiger partial charge on any atom is -0.496 e. The number of aromatic nitrogens is 5. The van der Waals surface area contributed by atoms with E-state index < -0.39 is 4.92 Å². The summed E-state index contributed by atoms with van der Waals surface area (Å²) in [6.45, 7) is 0. The highest BCUT2D eigenvalue weighted by Gasteiger charge is 2.14. The van der Waals surface area contributed by atoms with Gasteiger partial charge in [-0.2, -0.15) is 4.68 Å². The van der Waals surface area contributed by atoms with Crippen molar-refractivity contribution in [2.24, 2.45) is 0 Å². The third-order valence-corrected chi connectivity index (χ3v) is 3.24. The van der Waals surface area contributed by atoms with Crippen molar-refractivity contribution in [3.8, 4) is 11.6 Å². The van der Waals surface area contributed by atoms with Gasteiger partial charge < -0.3 is 4.74 Å². The fraction of sp³-hybridized carbons (Fsp3) is 0.143. The monoisotopic (exact) mass is 312 g/mol. The van der Waals surface area contributed by atoms with Gasteiger partial charge in [0.25, 0.3) is 5.69 Å². The molecule has 0 aliphatic rings. The molecule has 1 aromatic carbocycles. The van der Waals surface area contributed by atoms with Crippen molar-refractivity contribution in [3.63, 3.8) is 0 Å². The van der Waals surface area contributed by atoms with Gasteiger partial charge >= 0.3 is 0 Å². The molecule has 2 heterocycles. The van der Waals surface area contributed by atoms with E-state index in [1.54, 1.807) is 7.11 Å². The molecule has 116 valence electrons. The lowest BCUT2D eigenvalue weighted by molar-refractivity contribution is -0.385. The van der Waals surface area contributed by atoms with Gasteiger partial charge in [-0.3, -0.25) is 10.1 Å². The molecule has 0 bridgehead atoms. The molecule has 9 heteroatoms. The Morgan fingerprint density at radius 3 is 2.78 bits per heavy atom. The van der Waals surface area contributed by atoms with Crippen LogP contribution in [0.4, 0.5) is 5.69 Å². The Morgan fingerprint density at radius 2 is 2.09 bits per heavy atom. The topological polar surface area (TPSA) is 109 Å². The first-order valence-electron chi connectivity index (χ1n) is 6.69. The van der Waals surface area contributed by atoms with Crippen molar-refractivity contribution in [2.75, 3.05) is 7.11 Å². The minimum absolute atomic E-state index is 0.0897. The van der Waals surface area contributed by atoms with Crippen LogP contribution in [0.2, 0.25) is 0 Å². The van der Waals surface area contributed by atoms with E-state index in [2.05, 4.69) is 20.5 Å². The first kappa shape index (κ1) is 14.6. The smallest absolute Gasteiger partial charge is 0.287 e. The molecule has 0 aliphatic heterocycles. The van der Waals surface area contributed by atoms with Crippen molar-refractivity contribution in [1.82, 2.24) is 25.2 Å². The van der Waals surface area contributed by atoms with Gasteiger partial charge in [-0.05, 0) is 22.6 Å². The minimum atomic E-state index is -0.508. The summed E-state index contributed by atoms with van der Waals surface area (Å²) < 4.78 is 6.75. The van der Waals surface area contributed by atoms with Gasteiger partial charge in [0.05, 0.1) is 12.0 Å². The van der Waals surface area contributed by atoms with Crippen LogP contribution in [-0.2, 0) is 6.42 Å². The van der Waals surface area contributed by atoms with Gasteiger partial charge in [0.1, 0.15) is 11.9 Å². The second-order valence-electron chi connectivity index (χ2n) is 4.63. The van der Waals surface area contributed by atoms with E-state index in [4.69, 9.17) is 4.74 Å². The number of rotatable bonds is 5. The number of nitro groups is 1. The van der Waals surface area contributed by atoms with Crippen molar-refractivity contribution < 1.29 is 9.66 Å². The van der Waals surface area contributed by atoms with Crippen LogP contribution in [0.5, 0.6) is 5.75 Å². The van der Waals surface area contributed by atoms with E-state index in [0.29, 0.717) is 18.1 Å². The number of ether oxygens (including phenoxy) is 1. The molecular weight excluding hydrogens is 300 g/mol. The molecule has 9 nitrogen and oxygen atoms in total. The van der Waals surface area contributed by atoms with Crippen LogP contribution in [0.15, 0.2) is 42.6 Å². The maximum absolute atomic E-state index is 10.7. The van der Waals surface area contributed by atoms with Gasteiger partial charge in [0.15, 0.2) is 11.6 Å². The number of benzene rings is 1. The zero-order valence-corrected chi connectivity index (χ0v) is 12.2. The standard InChI is InChI=1S/C14H12N6O3/c1-23-12-5-3-2-4-10(12)8-14-16-17-18-19(14)13-7-6-11(9-15-13)20(21)22/h2-7,9H,8H2,1H3. The first-order valence-corrected chi connectivity index (χ1v) is 6.69. The van der Waals surface area contributed by atoms with Gasteiger partial charge in [-0.25, -0.2) is 4.98 Å². The molecule has 0 spiro atoms. The van der Waals surface area contributed by atoms with Crippen molar-refractivity contribution in [3.05, 3.63) is 64.1 Å². The zero-order valence-electron chi connectivity index (χ0n) is 12.2. The molecule has 0 fully saturated rings. The molecule has 0 saturated carbocycles. The second kappa shape index (κ2) is 6.18. The quantitative estimate of drug-likeness (QED) is 0.519. The van der Waals surface area contributed by atoms with Crippen LogP contribution in [0.1, 0.15) is 11.4 Å². The fourth-order valence-corrected chi connectivity index (χ4v) is 2.12. The Kier molecular flexibility index (Phi) is 3.91. The van der Waals surface area contributed by atoms with Crippen LogP contribution < -0.4 is 4.74 Å². The Bertz CT molecular complexity index is 831. The average molecular weight is 312 g/mol. The second-order valence-corrected chi connectivity index (χ2v) is 4.63. The van der Waals surface area contributed by atoms with E-state index >= 15 is 0 Å². The van der Waals surface area contributed by atoms with Crippen LogP contribution in [-0.4, -0.2) is 37.2 Å². The first-order chi connectivity index (χ1) is 11.2. The van der Waals surface area contributed by atoms with E-state index in [-0.39, 0.29) is 5.69 Å². The number of pyridine rings is 1. The largest absolute Gasteiger partial charge is 0.496 e. The van der Waals surface area contributed by atoms with Gasteiger partial charge in [-0.1, -0.05) is 18.2 Å². The van der Waals surface area contributed by atoms with Gasteiger partial charge in [0, 0.05) is 18.1 Å². The maximum Gasteiger partial charge on any atom is 0.287 e. The van der Waals surface area contributed by atoms with Crippen molar-refractivity contribution in [1.29, 1.82) is 0 Å². The predicted molar refractivity (Wildman–Crippen MR) is 79.4 cm³/mol. The van der Waals surface area contributed by atoms with E-state index in [0.717, 1.165) is 11.3 Å². The van der Waals surface area contributed by atoms with E-state index in [1.165, 1.54) is 23.0 Å². The molecule has 2 aromatic heterocycles. The number of hydrogen-bond acceptors (Lipinski definition) is 7. The van der Waals surface area contributed by atoms with Crippen LogP contribution in [0, 0.1) is 10.1 Å². The molecule has 0 radical (unpaired) electrons. The number of methoxy groups -OCH3 is 1. The fourth-order valence-electron chi connectivity index (χ4n) is 2.12.